The van der Waals surface area contributed by atoms with Crippen molar-refractivity contribution in [1.29, 1.82) is 0 Å². The lowest BCUT2D eigenvalue weighted by Gasteiger charge is -2.18. The minimum atomic E-state index is -0.228. The summed E-state index contributed by atoms with van der Waals surface area (Å²) in [4.78, 5) is 4.57. The number of rotatable bonds is 8. The molecule has 4 aromatic rings. The summed E-state index contributed by atoms with van der Waals surface area (Å²) in [6.45, 7) is 0.805. The maximum atomic E-state index is 13.0. The van der Waals surface area contributed by atoms with Crippen molar-refractivity contribution in [2.75, 3.05) is 11.9 Å². The first-order valence-corrected chi connectivity index (χ1v) is 10.5. The Morgan fingerprint density at radius 1 is 0.828 bits per heavy atom. The number of nitrogens with zero attached hydrogens (tertiary/aromatic N) is 2. The molecule has 0 aliphatic rings. The quantitative estimate of drug-likeness (QED) is 0.398. The molecule has 0 amide bonds. The molecule has 0 aliphatic carbocycles. The Kier molecular flexibility index (Phi) is 6.27. The first kappa shape index (κ1) is 19.3. The van der Waals surface area contributed by atoms with Gasteiger partial charge in [0, 0.05) is 30.4 Å². The third-order valence-corrected chi connectivity index (χ3v) is 5.57. The first-order chi connectivity index (χ1) is 14.3. The van der Waals surface area contributed by atoms with Crippen LogP contribution < -0.4 is 5.32 Å². The lowest BCUT2D eigenvalue weighted by atomic mass is 9.88. The van der Waals surface area contributed by atoms with Crippen molar-refractivity contribution in [3.63, 3.8) is 0 Å². The number of hydrogen-bond acceptors (Lipinski definition) is 4. The Hall–Kier alpha value is -3.05. The lowest BCUT2D eigenvalue weighted by Crippen LogP contribution is -2.09. The zero-order valence-corrected chi connectivity index (χ0v) is 16.8. The fourth-order valence-corrected chi connectivity index (χ4v) is 4.01. The van der Waals surface area contributed by atoms with Crippen molar-refractivity contribution in [3.8, 4) is 0 Å². The summed E-state index contributed by atoms with van der Waals surface area (Å²) in [5, 5.41) is 4.24. The zero-order chi connectivity index (χ0) is 19.9. The monoisotopic (exact) mass is 403 g/mol. The molecule has 0 unspecified atom stereocenters. The molecule has 0 aliphatic heterocycles. The number of anilines is 1. The van der Waals surface area contributed by atoms with Crippen LogP contribution in [-0.4, -0.2) is 15.9 Å². The van der Waals surface area contributed by atoms with Crippen LogP contribution in [-0.2, 0) is 6.42 Å². The molecule has 3 aromatic carbocycles. The van der Waals surface area contributed by atoms with Gasteiger partial charge in [-0.25, -0.2) is 9.37 Å². The fraction of sp³-hybridized carbons (Fsp3) is 0.167. The average Bonchev–Trinajstić information content (AvgIpc) is 3.21. The van der Waals surface area contributed by atoms with E-state index < -0.39 is 0 Å². The van der Waals surface area contributed by atoms with Crippen LogP contribution in [0.25, 0.3) is 0 Å². The molecule has 1 aromatic heterocycles. The number of halogens is 1. The van der Waals surface area contributed by atoms with Crippen LogP contribution >= 0.6 is 11.5 Å². The highest BCUT2D eigenvalue weighted by Crippen LogP contribution is 2.28. The highest BCUT2D eigenvalue weighted by atomic mass is 32.1. The van der Waals surface area contributed by atoms with Crippen LogP contribution in [0.3, 0.4) is 0 Å². The molecule has 0 atom stereocenters. The van der Waals surface area contributed by atoms with Gasteiger partial charge in [-0.05, 0) is 35.2 Å². The van der Waals surface area contributed by atoms with Crippen molar-refractivity contribution >= 4 is 16.7 Å². The molecule has 0 spiro atoms. The second-order valence-electron chi connectivity index (χ2n) is 6.91. The van der Waals surface area contributed by atoms with Gasteiger partial charge in [-0.3, -0.25) is 0 Å². The maximum Gasteiger partial charge on any atom is 0.202 e. The topological polar surface area (TPSA) is 37.8 Å². The van der Waals surface area contributed by atoms with Gasteiger partial charge in [0.05, 0.1) is 0 Å². The Morgan fingerprint density at radius 2 is 1.45 bits per heavy atom. The molecular weight excluding hydrogens is 381 g/mol. The molecular formula is C24H22FN3S. The van der Waals surface area contributed by atoms with Gasteiger partial charge in [-0.15, -0.1) is 0 Å². The highest BCUT2D eigenvalue weighted by Gasteiger charge is 2.14. The Morgan fingerprint density at radius 3 is 2.07 bits per heavy atom. The Balaban J connectivity index is 1.38. The molecule has 0 radical (unpaired) electrons. The smallest absolute Gasteiger partial charge is 0.202 e. The molecule has 1 N–H and O–H groups in total. The zero-order valence-electron chi connectivity index (χ0n) is 16.0. The number of benzene rings is 3. The van der Waals surface area contributed by atoms with Gasteiger partial charge < -0.3 is 5.32 Å². The van der Waals surface area contributed by atoms with Gasteiger partial charge in [-0.1, -0.05) is 72.8 Å². The molecule has 5 heteroatoms. The maximum absolute atomic E-state index is 13.0. The first-order valence-electron chi connectivity index (χ1n) is 9.69. The Bertz CT molecular complexity index is 977. The van der Waals surface area contributed by atoms with Crippen molar-refractivity contribution in [3.05, 3.63) is 113 Å². The normalized spacial score (nSPS) is 11.0. The minimum Gasteiger partial charge on any atom is -0.360 e. The van der Waals surface area contributed by atoms with E-state index >= 15 is 0 Å². The van der Waals surface area contributed by atoms with E-state index in [9.17, 15) is 4.39 Å². The van der Waals surface area contributed by atoms with E-state index in [1.165, 1.54) is 34.8 Å². The highest BCUT2D eigenvalue weighted by molar-refractivity contribution is 7.09. The molecule has 4 rings (SSSR count). The van der Waals surface area contributed by atoms with Crippen LogP contribution in [0.2, 0.25) is 0 Å². The standard InChI is InChI=1S/C24H22FN3S/c25-21-13-11-18(12-14-21)17-23-27-24(29-28-23)26-16-15-22(19-7-3-1-4-8-19)20-9-5-2-6-10-20/h1-14,22H,15-17H2,(H,26,27,28). The van der Waals surface area contributed by atoms with Crippen LogP contribution in [0.15, 0.2) is 84.9 Å². The van der Waals surface area contributed by atoms with E-state index in [1.807, 2.05) is 12.1 Å². The van der Waals surface area contributed by atoms with Gasteiger partial charge in [0.2, 0.25) is 5.13 Å². The summed E-state index contributed by atoms with van der Waals surface area (Å²) in [6, 6.07) is 27.7. The second-order valence-corrected chi connectivity index (χ2v) is 7.66. The average molecular weight is 404 g/mol. The summed E-state index contributed by atoms with van der Waals surface area (Å²) < 4.78 is 17.5. The van der Waals surface area contributed by atoms with Gasteiger partial charge in [-0.2, -0.15) is 4.37 Å². The summed E-state index contributed by atoms with van der Waals surface area (Å²) in [7, 11) is 0. The van der Waals surface area contributed by atoms with Gasteiger partial charge >= 0.3 is 0 Å². The summed E-state index contributed by atoms with van der Waals surface area (Å²) in [6.07, 6.45) is 1.57. The molecule has 1 heterocycles. The van der Waals surface area contributed by atoms with Crippen LogP contribution in [0.5, 0.6) is 0 Å². The van der Waals surface area contributed by atoms with Crippen LogP contribution in [0.1, 0.15) is 34.9 Å². The van der Waals surface area contributed by atoms with Crippen molar-refractivity contribution in [2.45, 2.75) is 18.8 Å². The van der Waals surface area contributed by atoms with Crippen LogP contribution in [0.4, 0.5) is 9.52 Å². The number of nitrogens with one attached hydrogen (secondary N) is 1. The van der Waals surface area contributed by atoms with Gasteiger partial charge in [0.15, 0.2) is 0 Å². The SMILES string of the molecule is Fc1ccc(Cc2nsc(NCCC(c3ccccc3)c3ccccc3)n2)cc1. The number of aromatic nitrogens is 2. The van der Waals surface area contributed by atoms with E-state index in [2.05, 4.69) is 63.2 Å². The van der Waals surface area contributed by atoms with Gasteiger partial charge in [0.1, 0.15) is 11.6 Å². The van der Waals surface area contributed by atoms with Crippen molar-refractivity contribution in [2.24, 2.45) is 0 Å². The van der Waals surface area contributed by atoms with Gasteiger partial charge in [0.25, 0.3) is 0 Å². The number of hydrogen-bond donors (Lipinski definition) is 1. The van der Waals surface area contributed by atoms with Crippen LogP contribution in [0, 0.1) is 5.82 Å². The third kappa shape index (κ3) is 5.27. The van der Waals surface area contributed by atoms with E-state index in [0.29, 0.717) is 12.3 Å². The molecule has 29 heavy (non-hydrogen) atoms. The summed E-state index contributed by atoms with van der Waals surface area (Å²) in [5.41, 5.74) is 3.63. The fourth-order valence-electron chi connectivity index (χ4n) is 3.40. The lowest BCUT2D eigenvalue weighted by molar-refractivity contribution is 0.627. The molecule has 0 saturated carbocycles. The molecule has 0 bridgehead atoms. The van der Waals surface area contributed by atoms with E-state index in [1.54, 1.807) is 12.1 Å². The molecule has 146 valence electrons. The van der Waals surface area contributed by atoms with E-state index in [4.69, 9.17) is 0 Å². The Labute approximate surface area is 174 Å². The summed E-state index contributed by atoms with van der Waals surface area (Å²) in [5.74, 6) is 0.858. The summed E-state index contributed by atoms with van der Waals surface area (Å²) >= 11 is 1.37. The predicted molar refractivity (Wildman–Crippen MR) is 117 cm³/mol. The largest absolute Gasteiger partial charge is 0.360 e. The van der Waals surface area contributed by atoms with Crippen molar-refractivity contribution < 1.29 is 4.39 Å². The molecule has 0 fully saturated rings. The van der Waals surface area contributed by atoms with Crippen molar-refractivity contribution in [1.82, 2.24) is 9.36 Å². The molecule has 0 saturated heterocycles. The molecule has 3 nitrogen and oxygen atoms in total. The van der Waals surface area contributed by atoms with E-state index in [0.717, 1.165) is 29.5 Å². The second kappa shape index (κ2) is 9.43. The van der Waals surface area contributed by atoms with E-state index in [-0.39, 0.29) is 5.82 Å². The predicted octanol–water partition coefficient (Wildman–Crippen LogP) is 5.90. The minimum absolute atomic E-state index is 0.228. The third-order valence-electron chi connectivity index (χ3n) is 4.86.